The van der Waals surface area contributed by atoms with E-state index in [1.165, 1.54) is 17.4 Å². The summed E-state index contributed by atoms with van der Waals surface area (Å²) in [6.45, 7) is 0.0493. The molecule has 6 nitrogen and oxygen atoms in total. The SMILES string of the molecule is CS(=O)(=O)NC(=O)CCNC(=O)c1csc(Cl)c1. The van der Waals surface area contributed by atoms with Crippen LogP contribution >= 0.6 is 22.9 Å². The quantitative estimate of drug-likeness (QED) is 0.833. The predicted octanol–water partition coefficient (Wildman–Crippen LogP) is 0.597. The fourth-order valence-electron chi connectivity index (χ4n) is 1.08. The summed E-state index contributed by atoms with van der Waals surface area (Å²) < 4.78 is 23.8. The summed E-state index contributed by atoms with van der Waals surface area (Å²) in [5, 5.41) is 4.07. The smallest absolute Gasteiger partial charge is 0.252 e. The van der Waals surface area contributed by atoms with Gasteiger partial charge in [0.2, 0.25) is 15.9 Å². The van der Waals surface area contributed by atoms with Crippen LogP contribution in [-0.2, 0) is 14.8 Å². The number of rotatable bonds is 5. The van der Waals surface area contributed by atoms with Crippen LogP contribution < -0.4 is 10.0 Å². The molecule has 0 aromatic carbocycles. The molecule has 2 N–H and O–H groups in total. The lowest BCUT2D eigenvalue weighted by Crippen LogP contribution is -2.33. The molecule has 1 rings (SSSR count). The van der Waals surface area contributed by atoms with E-state index in [1.54, 1.807) is 10.1 Å². The number of thiophene rings is 1. The Bertz CT molecular complexity index is 553. The fraction of sp³-hybridized carbons (Fsp3) is 0.333. The van der Waals surface area contributed by atoms with Gasteiger partial charge in [0.15, 0.2) is 0 Å². The molecule has 0 saturated heterocycles. The van der Waals surface area contributed by atoms with E-state index in [1.807, 2.05) is 0 Å². The fourth-order valence-corrected chi connectivity index (χ4v) is 2.46. The zero-order chi connectivity index (χ0) is 13.8. The highest BCUT2D eigenvalue weighted by atomic mass is 35.5. The summed E-state index contributed by atoms with van der Waals surface area (Å²) in [6, 6.07) is 1.51. The van der Waals surface area contributed by atoms with Gasteiger partial charge in [-0.25, -0.2) is 8.42 Å². The first-order chi connectivity index (χ1) is 8.28. The van der Waals surface area contributed by atoms with Crippen molar-refractivity contribution in [1.29, 1.82) is 0 Å². The van der Waals surface area contributed by atoms with E-state index >= 15 is 0 Å². The van der Waals surface area contributed by atoms with Crippen LogP contribution in [0.3, 0.4) is 0 Å². The molecule has 0 saturated carbocycles. The van der Waals surface area contributed by atoms with Crippen molar-refractivity contribution in [2.45, 2.75) is 6.42 Å². The first-order valence-corrected chi connectivity index (χ1v) is 7.95. The van der Waals surface area contributed by atoms with Crippen molar-refractivity contribution in [3.63, 3.8) is 0 Å². The van der Waals surface area contributed by atoms with Gasteiger partial charge in [0.1, 0.15) is 0 Å². The van der Waals surface area contributed by atoms with Crippen LogP contribution in [0.15, 0.2) is 11.4 Å². The number of hydrogen-bond acceptors (Lipinski definition) is 5. The highest BCUT2D eigenvalue weighted by Gasteiger charge is 2.10. The molecule has 18 heavy (non-hydrogen) atoms. The minimum Gasteiger partial charge on any atom is -0.351 e. The van der Waals surface area contributed by atoms with Crippen molar-refractivity contribution in [1.82, 2.24) is 10.0 Å². The molecule has 1 aromatic rings. The Morgan fingerprint density at radius 1 is 1.44 bits per heavy atom. The standard InChI is InChI=1S/C9H11ClN2O4S2/c1-18(15,16)12-8(13)2-3-11-9(14)6-4-7(10)17-5-6/h4-5H,2-3H2,1H3,(H,11,14)(H,12,13). The first-order valence-electron chi connectivity index (χ1n) is 4.81. The summed E-state index contributed by atoms with van der Waals surface area (Å²) in [5.74, 6) is -1.02. The van der Waals surface area contributed by atoms with E-state index in [4.69, 9.17) is 11.6 Å². The number of halogens is 1. The third-order valence-electron chi connectivity index (χ3n) is 1.77. The van der Waals surface area contributed by atoms with Gasteiger partial charge in [-0.15, -0.1) is 11.3 Å². The van der Waals surface area contributed by atoms with Gasteiger partial charge in [0.25, 0.3) is 5.91 Å². The van der Waals surface area contributed by atoms with E-state index < -0.39 is 15.9 Å². The molecule has 0 aliphatic carbocycles. The molecule has 0 aliphatic heterocycles. The first kappa shape index (κ1) is 14.9. The second-order valence-corrected chi connectivity index (χ2v) is 6.73. The van der Waals surface area contributed by atoms with Gasteiger partial charge in [0, 0.05) is 18.3 Å². The lowest BCUT2D eigenvalue weighted by molar-refractivity contribution is -0.119. The van der Waals surface area contributed by atoms with Crippen LogP contribution in [0, 0.1) is 0 Å². The van der Waals surface area contributed by atoms with Crippen LogP contribution in [0.2, 0.25) is 4.34 Å². The van der Waals surface area contributed by atoms with Crippen LogP contribution in [0.25, 0.3) is 0 Å². The second-order valence-electron chi connectivity index (χ2n) is 3.44. The van der Waals surface area contributed by atoms with Crippen molar-refractivity contribution in [3.05, 3.63) is 21.3 Å². The number of carbonyl (C=O) groups is 2. The lowest BCUT2D eigenvalue weighted by atomic mass is 10.3. The van der Waals surface area contributed by atoms with Crippen molar-refractivity contribution >= 4 is 44.8 Å². The summed E-state index contributed by atoms with van der Waals surface area (Å²) in [5.41, 5.74) is 0.411. The molecule has 0 aliphatic rings. The highest BCUT2D eigenvalue weighted by molar-refractivity contribution is 7.89. The van der Waals surface area contributed by atoms with Crippen molar-refractivity contribution in [2.75, 3.05) is 12.8 Å². The van der Waals surface area contributed by atoms with Gasteiger partial charge < -0.3 is 5.32 Å². The minimum absolute atomic E-state index is 0.0493. The Hall–Kier alpha value is -1.12. The number of amides is 2. The summed E-state index contributed by atoms with van der Waals surface area (Å²) in [4.78, 5) is 22.6. The molecular weight excluding hydrogens is 300 g/mol. The normalized spacial score (nSPS) is 11.0. The van der Waals surface area contributed by atoms with Crippen molar-refractivity contribution in [2.24, 2.45) is 0 Å². The Morgan fingerprint density at radius 3 is 2.61 bits per heavy atom. The van der Waals surface area contributed by atoms with E-state index in [0.29, 0.717) is 9.90 Å². The second kappa shape index (κ2) is 6.17. The average Bonchev–Trinajstić information content (AvgIpc) is 2.62. The zero-order valence-electron chi connectivity index (χ0n) is 9.40. The summed E-state index contributed by atoms with van der Waals surface area (Å²) in [7, 11) is -3.55. The maximum absolute atomic E-state index is 11.5. The lowest BCUT2D eigenvalue weighted by Gasteiger charge is -2.04. The zero-order valence-corrected chi connectivity index (χ0v) is 11.8. The third kappa shape index (κ3) is 5.48. The Labute approximate surface area is 113 Å². The maximum Gasteiger partial charge on any atom is 0.252 e. The number of sulfonamides is 1. The van der Waals surface area contributed by atoms with Gasteiger partial charge in [-0.2, -0.15) is 0 Å². The molecular formula is C9H11ClN2O4S2. The third-order valence-corrected chi connectivity index (χ3v) is 3.46. The van der Waals surface area contributed by atoms with E-state index in [2.05, 4.69) is 5.32 Å². The average molecular weight is 311 g/mol. The molecule has 0 spiro atoms. The monoisotopic (exact) mass is 310 g/mol. The van der Waals surface area contributed by atoms with Gasteiger partial charge in [-0.1, -0.05) is 11.6 Å². The van der Waals surface area contributed by atoms with Crippen molar-refractivity contribution < 1.29 is 18.0 Å². The van der Waals surface area contributed by atoms with Gasteiger partial charge in [-0.3, -0.25) is 14.3 Å². The number of hydrogen-bond donors (Lipinski definition) is 2. The molecule has 100 valence electrons. The minimum atomic E-state index is -3.55. The van der Waals surface area contributed by atoms with Gasteiger partial charge in [-0.05, 0) is 6.07 Å². The van der Waals surface area contributed by atoms with E-state index in [9.17, 15) is 18.0 Å². The van der Waals surface area contributed by atoms with Gasteiger partial charge in [0.05, 0.1) is 16.2 Å². The molecule has 0 unspecified atom stereocenters. The number of nitrogens with one attached hydrogen (secondary N) is 2. The largest absolute Gasteiger partial charge is 0.351 e. The molecule has 0 radical (unpaired) electrons. The number of carbonyl (C=O) groups excluding carboxylic acids is 2. The molecule has 1 aromatic heterocycles. The molecule has 0 bridgehead atoms. The van der Waals surface area contributed by atoms with E-state index in [0.717, 1.165) is 6.26 Å². The van der Waals surface area contributed by atoms with E-state index in [-0.39, 0.29) is 18.9 Å². The molecule has 0 atom stereocenters. The highest BCUT2D eigenvalue weighted by Crippen LogP contribution is 2.19. The Morgan fingerprint density at radius 2 is 2.11 bits per heavy atom. The Balaban J connectivity index is 2.34. The molecule has 0 fully saturated rings. The Kier molecular flexibility index (Phi) is 5.12. The molecule has 1 heterocycles. The predicted molar refractivity (Wildman–Crippen MR) is 69.3 cm³/mol. The maximum atomic E-state index is 11.5. The summed E-state index contributed by atoms with van der Waals surface area (Å²) >= 11 is 6.90. The van der Waals surface area contributed by atoms with Crippen LogP contribution in [0.4, 0.5) is 0 Å². The van der Waals surface area contributed by atoms with Crippen LogP contribution in [-0.4, -0.2) is 33.0 Å². The van der Waals surface area contributed by atoms with Crippen LogP contribution in [0.1, 0.15) is 16.8 Å². The van der Waals surface area contributed by atoms with Crippen molar-refractivity contribution in [3.8, 4) is 0 Å². The molecule has 2 amide bonds. The van der Waals surface area contributed by atoms with Gasteiger partial charge >= 0.3 is 0 Å². The molecule has 9 heteroatoms. The van der Waals surface area contributed by atoms with Crippen LogP contribution in [0.5, 0.6) is 0 Å². The summed E-state index contributed by atoms with van der Waals surface area (Å²) in [6.07, 6.45) is 0.771. The topological polar surface area (TPSA) is 92.3 Å².